The van der Waals surface area contributed by atoms with Gasteiger partial charge < -0.3 is 20.4 Å². The summed E-state index contributed by atoms with van der Waals surface area (Å²) in [7, 11) is 0. The fourth-order valence-corrected chi connectivity index (χ4v) is 3.77. The molecule has 0 aliphatic carbocycles. The summed E-state index contributed by atoms with van der Waals surface area (Å²) in [5.41, 5.74) is 0. The van der Waals surface area contributed by atoms with Crippen LogP contribution in [-0.4, -0.2) is 73.5 Å². The van der Waals surface area contributed by atoms with Crippen LogP contribution in [0.4, 0.5) is 0 Å². The number of hydrogen-bond donors (Lipinski definition) is 2. The van der Waals surface area contributed by atoms with Crippen LogP contribution in [0.3, 0.4) is 0 Å². The molecular formula is C20H40IN5O. The topological polar surface area (TPSA) is 60.0 Å². The van der Waals surface area contributed by atoms with Gasteiger partial charge in [-0.1, -0.05) is 13.8 Å². The average molecular weight is 493 g/mol. The van der Waals surface area contributed by atoms with E-state index in [1.54, 1.807) is 0 Å². The summed E-state index contributed by atoms with van der Waals surface area (Å²) in [6.45, 7) is 13.5. The number of carbonyl (C=O) groups excluding carboxylic acids is 1. The van der Waals surface area contributed by atoms with Crippen molar-refractivity contribution < 1.29 is 4.79 Å². The molecule has 0 aromatic heterocycles. The lowest BCUT2D eigenvalue weighted by atomic mass is 9.99. The largest absolute Gasteiger partial charge is 0.357 e. The highest BCUT2D eigenvalue weighted by Crippen LogP contribution is 2.16. The maximum atomic E-state index is 11.8. The molecule has 1 amide bonds. The molecule has 158 valence electrons. The third-order valence-electron chi connectivity index (χ3n) is 5.56. The Morgan fingerprint density at radius 1 is 1.11 bits per heavy atom. The Morgan fingerprint density at radius 2 is 1.85 bits per heavy atom. The summed E-state index contributed by atoms with van der Waals surface area (Å²) in [6.07, 6.45) is 6.66. The van der Waals surface area contributed by atoms with Crippen LogP contribution in [0.2, 0.25) is 0 Å². The predicted molar refractivity (Wildman–Crippen MR) is 124 cm³/mol. The normalized spacial score (nSPS) is 21.8. The lowest BCUT2D eigenvalue weighted by Gasteiger charge is -2.30. The molecule has 27 heavy (non-hydrogen) atoms. The van der Waals surface area contributed by atoms with Gasteiger partial charge in [-0.05, 0) is 64.6 Å². The van der Waals surface area contributed by atoms with Crippen LogP contribution in [0, 0.1) is 5.92 Å². The Kier molecular flexibility index (Phi) is 12.3. The van der Waals surface area contributed by atoms with E-state index >= 15 is 0 Å². The smallest absolute Gasteiger partial charge is 0.222 e. The Bertz CT molecular complexity index is 452. The molecule has 0 radical (unpaired) electrons. The second-order valence-electron chi connectivity index (χ2n) is 7.82. The molecule has 2 heterocycles. The lowest BCUT2D eigenvalue weighted by molar-refractivity contribution is -0.129. The lowest BCUT2D eigenvalue weighted by Crippen LogP contribution is -2.45. The number of aliphatic imine (C=N–C) groups is 1. The summed E-state index contributed by atoms with van der Waals surface area (Å²) < 4.78 is 0. The maximum Gasteiger partial charge on any atom is 0.222 e. The fraction of sp³-hybridized carbons (Fsp3) is 0.900. The van der Waals surface area contributed by atoms with Crippen molar-refractivity contribution in [3.63, 3.8) is 0 Å². The van der Waals surface area contributed by atoms with Crippen LogP contribution in [0.1, 0.15) is 59.3 Å². The van der Waals surface area contributed by atoms with E-state index < -0.39 is 0 Å². The molecule has 2 fully saturated rings. The van der Waals surface area contributed by atoms with E-state index in [-0.39, 0.29) is 29.9 Å². The van der Waals surface area contributed by atoms with Gasteiger partial charge in [0.2, 0.25) is 5.91 Å². The average Bonchev–Trinajstić information content (AvgIpc) is 3.11. The Labute approximate surface area is 182 Å². The van der Waals surface area contributed by atoms with Crippen LogP contribution in [0.5, 0.6) is 0 Å². The molecule has 0 spiro atoms. The first kappa shape index (κ1) is 24.5. The van der Waals surface area contributed by atoms with Crippen molar-refractivity contribution in [2.75, 3.05) is 45.8 Å². The number of likely N-dealkylation sites (tertiary alicyclic amines) is 2. The van der Waals surface area contributed by atoms with Gasteiger partial charge >= 0.3 is 0 Å². The van der Waals surface area contributed by atoms with Crippen molar-refractivity contribution in [2.24, 2.45) is 10.9 Å². The van der Waals surface area contributed by atoms with Crippen LogP contribution >= 0.6 is 24.0 Å². The number of nitrogens with one attached hydrogen (secondary N) is 2. The first-order valence-corrected chi connectivity index (χ1v) is 10.7. The van der Waals surface area contributed by atoms with E-state index in [0.717, 1.165) is 50.9 Å². The number of amides is 1. The van der Waals surface area contributed by atoms with E-state index in [1.165, 1.54) is 38.9 Å². The first-order valence-electron chi connectivity index (χ1n) is 10.7. The molecule has 0 bridgehead atoms. The number of halogens is 1. The van der Waals surface area contributed by atoms with Gasteiger partial charge in [0.05, 0.1) is 0 Å². The number of rotatable bonds is 8. The Balaban J connectivity index is 0.00000364. The zero-order valence-corrected chi connectivity index (χ0v) is 19.8. The second-order valence-corrected chi connectivity index (χ2v) is 7.82. The predicted octanol–water partition coefficient (Wildman–Crippen LogP) is 2.68. The zero-order valence-electron chi connectivity index (χ0n) is 17.5. The van der Waals surface area contributed by atoms with Crippen LogP contribution in [-0.2, 0) is 4.79 Å². The summed E-state index contributed by atoms with van der Waals surface area (Å²) in [6, 6.07) is 0.318. The SMILES string of the molecule is CCNC(=NCCCCN1CCC(C)CC1)NC1CCN(C(=O)CC)C1.I. The van der Waals surface area contributed by atoms with Gasteiger partial charge in [0, 0.05) is 38.6 Å². The summed E-state index contributed by atoms with van der Waals surface area (Å²) in [4.78, 5) is 21.1. The summed E-state index contributed by atoms with van der Waals surface area (Å²) in [5, 5.41) is 6.84. The molecule has 0 saturated carbocycles. The molecule has 0 aromatic rings. The summed E-state index contributed by atoms with van der Waals surface area (Å²) >= 11 is 0. The minimum absolute atomic E-state index is 0. The molecule has 2 aliphatic rings. The number of piperidine rings is 1. The van der Waals surface area contributed by atoms with Gasteiger partial charge in [0.1, 0.15) is 0 Å². The van der Waals surface area contributed by atoms with Crippen molar-refractivity contribution in [2.45, 2.75) is 65.3 Å². The number of unbranched alkanes of at least 4 members (excludes halogenated alkanes) is 1. The maximum absolute atomic E-state index is 11.8. The fourth-order valence-electron chi connectivity index (χ4n) is 3.77. The van der Waals surface area contributed by atoms with Crippen molar-refractivity contribution in [3.8, 4) is 0 Å². The molecule has 2 saturated heterocycles. The molecule has 0 aromatic carbocycles. The van der Waals surface area contributed by atoms with E-state index in [2.05, 4.69) is 29.4 Å². The number of hydrogen-bond acceptors (Lipinski definition) is 3. The number of guanidine groups is 1. The highest BCUT2D eigenvalue weighted by atomic mass is 127. The quantitative estimate of drug-likeness (QED) is 0.236. The molecule has 1 unspecified atom stereocenters. The standard InChI is InChI=1S/C20H39N5O.HI/c1-4-19(26)25-15-10-18(16-25)23-20(21-5-2)22-11-6-7-12-24-13-8-17(3)9-14-24;/h17-18H,4-16H2,1-3H3,(H2,21,22,23);1H. The third kappa shape index (κ3) is 8.98. The molecule has 6 nitrogen and oxygen atoms in total. The van der Waals surface area contributed by atoms with Crippen LogP contribution in [0.15, 0.2) is 4.99 Å². The minimum Gasteiger partial charge on any atom is -0.357 e. The van der Waals surface area contributed by atoms with E-state index in [1.807, 2.05) is 11.8 Å². The molecule has 2 N–H and O–H groups in total. The molecule has 7 heteroatoms. The highest BCUT2D eigenvalue weighted by Gasteiger charge is 2.25. The van der Waals surface area contributed by atoms with E-state index in [4.69, 9.17) is 4.99 Å². The van der Waals surface area contributed by atoms with Gasteiger partial charge in [0.25, 0.3) is 0 Å². The third-order valence-corrected chi connectivity index (χ3v) is 5.56. The van der Waals surface area contributed by atoms with Crippen molar-refractivity contribution in [1.29, 1.82) is 0 Å². The monoisotopic (exact) mass is 493 g/mol. The van der Waals surface area contributed by atoms with Gasteiger partial charge in [0.15, 0.2) is 5.96 Å². The molecular weight excluding hydrogens is 453 g/mol. The summed E-state index contributed by atoms with van der Waals surface area (Å²) in [5.74, 6) is 2.06. The van der Waals surface area contributed by atoms with Crippen LogP contribution < -0.4 is 10.6 Å². The van der Waals surface area contributed by atoms with Gasteiger partial charge in [-0.3, -0.25) is 9.79 Å². The van der Waals surface area contributed by atoms with E-state index in [0.29, 0.717) is 12.5 Å². The molecule has 2 rings (SSSR count). The number of carbonyl (C=O) groups is 1. The minimum atomic E-state index is 0. The van der Waals surface area contributed by atoms with Gasteiger partial charge in [-0.2, -0.15) is 0 Å². The van der Waals surface area contributed by atoms with Crippen molar-refractivity contribution in [3.05, 3.63) is 0 Å². The number of nitrogens with zero attached hydrogens (tertiary/aromatic N) is 3. The first-order chi connectivity index (χ1) is 12.6. The van der Waals surface area contributed by atoms with Gasteiger partial charge in [-0.15, -0.1) is 24.0 Å². The van der Waals surface area contributed by atoms with Crippen LogP contribution in [0.25, 0.3) is 0 Å². The van der Waals surface area contributed by atoms with Crippen molar-refractivity contribution >= 4 is 35.8 Å². The van der Waals surface area contributed by atoms with Gasteiger partial charge in [-0.25, -0.2) is 0 Å². The molecule has 1 atom stereocenters. The highest BCUT2D eigenvalue weighted by molar-refractivity contribution is 14.0. The van der Waals surface area contributed by atoms with Crippen molar-refractivity contribution in [1.82, 2.24) is 20.4 Å². The second kappa shape index (κ2) is 13.6. The Hall–Kier alpha value is -0.570. The zero-order chi connectivity index (χ0) is 18.8. The van der Waals surface area contributed by atoms with E-state index in [9.17, 15) is 4.79 Å². The Morgan fingerprint density at radius 3 is 2.52 bits per heavy atom. The molecule has 2 aliphatic heterocycles.